The van der Waals surface area contributed by atoms with Crippen molar-refractivity contribution in [2.24, 2.45) is 0 Å². The van der Waals surface area contributed by atoms with Crippen molar-refractivity contribution in [1.29, 1.82) is 0 Å². The van der Waals surface area contributed by atoms with Crippen molar-refractivity contribution in [2.75, 3.05) is 26.5 Å². The molecule has 6 rings (SSSR count). The molecule has 1 N–H and O–H groups in total. The molecule has 3 aromatic heterocycles. The van der Waals surface area contributed by atoms with Crippen molar-refractivity contribution in [3.8, 4) is 28.3 Å². The molecule has 1 aromatic carbocycles. The fraction of sp³-hybridized carbons (Fsp3) is 0.348. The zero-order valence-electron chi connectivity index (χ0n) is 18.0. The molecule has 4 heterocycles. The maximum absolute atomic E-state index is 11.6. The summed E-state index contributed by atoms with van der Waals surface area (Å²) in [5.74, 6) is 0.742. The number of fused-ring (bicyclic) bond motifs is 2. The number of benzene rings is 1. The molecule has 164 valence electrons. The van der Waals surface area contributed by atoms with Crippen LogP contribution in [0.2, 0.25) is 0 Å². The second-order valence-corrected chi connectivity index (χ2v) is 9.80. The van der Waals surface area contributed by atoms with Gasteiger partial charge < -0.3 is 4.74 Å². The number of rotatable bonds is 5. The molecule has 1 aliphatic heterocycles. The van der Waals surface area contributed by atoms with Crippen LogP contribution in [0.3, 0.4) is 0 Å². The van der Waals surface area contributed by atoms with E-state index < -0.39 is 11.0 Å². The maximum Gasteiger partial charge on any atom is 0.147 e. The number of aromatic nitrogens is 5. The van der Waals surface area contributed by atoms with Crippen LogP contribution in [0.15, 0.2) is 36.7 Å². The molecule has 0 radical (unpaired) electrons. The van der Waals surface area contributed by atoms with Gasteiger partial charge in [0.25, 0.3) is 0 Å². The van der Waals surface area contributed by atoms with E-state index in [2.05, 4.69) is 33.5 Å². The average molecular weight is 449 g/mol. The first-order valence-electron chi connectivity index (χ1n) is 10.8. The Morgan fingerprint density at radius 3 is 2.91 bits per heavy atom. The highest BCUT2D eigenvalue weighted by Gasteiger charge is 2.31. The summed E-state index contributed by atoms with van der Waals surface area (Å²) in [6, 6.07) is 8.67. The molecular weight excluding hydrogens is 424 g/mol. The van der Waals surface area contributed by atoms with Gasteiger partial charge in [-0.15, -0.1) is 0 Å². The van der Waals surface area contributed by atoms with E-state index in [4.69, 9.17) is 9.72 Å². The van der Waals surface area contributed by atoms with Gasteiger partial charge in [-0.3, -0.25) is 9.78 Å². The first-order valence-corrected chi connectivity index (χ1v) is 12.3. The normalized spacial score (nSPS) is 17.4. The van der Waals surface area contributed by atoms with Gasteiger partial charge >= 0.3 is 0 Å². The highest BCUT2D eigenvalue weighted by atomic mass is 32.2. The molecule has 0 spiro atoms. The SMILES string of the molecule is COc1cc2[nH]nc(-c3cnn(C4CN(S(C)=O)C4)c3)c2nc1-c1cccc2c1CCC2. The van der Waals surface area contributed by atoms with E-state index in [1.54, 1.807) is 13.4 Å². The lowest BCUT2D eigenvalue weighted by molar-refractivity contribution is 0.201. The van der Waals surface area contributed by atoms with Crippen LogP contribution in [0.1, 0.15) is 23.6 Å². The number of hydrogen-bond acceptors (Lipinski definition) is 5. The minimum absolute atomic E-state index is 0.230. The first-order chi connectivity index (χ1) is 15.6. The molecule has 4 aromatic rings. The summed E-state index contributed by atoms with van der Waals surface area (Å²) < 4.78 is 21.2. The van der Waals surface area contributed by atoms with E-state index in [0.29, 0.717) is 0 Å². The maximum atomic E-state index is 11.6. The van der Waals surface area contributed by atoms with Crippen molar-refractivity contribution in [2.45, 2.75) is 25.3 Å². The van der Waals surface area contributed by atoms with Crippen LogP contribution in [0.4, 0.5) is 0 Å². The molecule has 0 bridgehead atoms. The molecule has 0 amide bonds. The Bertz CT molecular complexity index is 1350. The zero-order chi connectivity index (χ0) is 21.8. The standard InChI is InChI=1S/C23H24N6O2S/c1-31-20-9-19-23(25-22(20)18-8-4-6-14-5-3-7-17(14)18)21(27-26-19)15-10-24-29(11-15)16-12-28(13-16)32(2)30/h4,6,8-11,16H,3,5,7,12-13H2,1-2H3,(H,26,27). The van der Waals surface area contributed by atoms with Crippen molar-refractivity contribution < 1.29 is 8.95 Å². The van der Waals surface area contributed by atoms with Gasteiger partial charge in [-0.25, -0.2) is 13.5 Å². The largest absolute Gasteiger partial charge is 0.494 e. The fourth-order valence-corrected chi connectivity index (χ4v) is 5.54. The smallest absolute Gasteiger partial charge is 0.147 e. The second-order valence-electron chi connectivity index (χ2n) is 8.44. The van der Waals surface area contributed by atoms with Crippen LogP contribution in [-0.2, 0) is 23.8 Å². The Morgan fingerprint density at radius 1 is 1.22 bits per heavy atom. The molecular formula is C23H24N6O2S. The van der Waals surface area contributed by atoms with E-state index in [1.807, 2.05) is 27.4 Å². The summed E-state index contributed by atoms with van der Waals surface area (Å²) in [6.45, 7) is 1.48. The fourth-order valence-electron chi connectivity index (χ4n) is 4.78. The number of hydrogen-bond donors (Lipinski definition) is 1. The van der Waals surface area contributed by atoms with Crippen LogP contribution >= 0.6 is 0 Å². The lowest BCUT2D eigenvalue weighted by atomic mass is 9.99. The molecule has 2 aliphatic rings. The van der Waals surface area contributed by atoms with E-state index in [0.717, 1.165) is 65.2 Å². The zero-order valence-corrected chi connectivity index (χ0v) is 18.9. The topological polar surface area (TPSA) is 88.9 Å². The summed E-state index contributed by atoms with van der Waals surface area (Å²) >= 11 is 0. The molecule has 8 nitrogen and oxygen atoms in total. The molecule has 1 saturated heterocycles. The van der Waals surface area contributed by atoms with Gasteiger partial charge in [-0.05, 0) is 30.4 Å². The second kappa shape index (κ2) is 7.53. The number of nitrogens with zero attached hydrogens (tertiary/aromatic N) is 5. The van der Waals surface area contributed by atoms with E-state index >= 15 is 0 Å². The summed E-state index contributed by atoms with van der Waals surface area (Å²) in [5, 5.41) is 12.2. The number of aryl methyl sites for hydroxylation is 1. The van der Waals surface area contributed by atoms with Gasteiger partial charge in [0.2, 0.25) is 0 Å². The average Bonchev–Trinajstić information content (AvgIpc) is 3.50. The van der Waals surface area contributed by atoms with Crippen LogP contribution in [0.25, 0.3) is 33.5 Å². The van der Waals surface area contributed by atoms with Gasteiger partial charge in [0.1, 0.15) is 22.7 Å². The van der Waals surface area contributed by atoms with Crippen molar-refractivity contribution in [3.05, 3.63) is 47.8 Å². The van der Waals surface area contributed by atoms with Crippen LogP contribution in [-0.4, -0.2) is 59.9 Å². The molecule has 1 fully saturated rings. The molecule has 0 saturated carbocycles. The first kappa shape index (κ1) is 19.6. The lowest BCUT2D eigenvalue weighted by Gasteiger charge is -2.36. The number of aromatic amines is 1. The van der Waals surface area contributed by atoms with Crippen LogP contribution in [0, 0.1) is 0 Å². The van der Waals surface area contributed by atoms with Gasteiger partial charge in [0.15, 0.2) is 0 Å². The Balaban J connectivity index is 1.41. The molecule has 32 heavy (non-hydrogen) atoms. The monoisotopic (exact) mass is 448 g/mol. The van der Waals surface area contributed by atoms with E-state index in [1.165, 1.54) is 17.5 Å². The summed E-state index contributed by atoms with van der Waals surface area (Å²) in [7, 11) is 0.752. The minimum atomic E-state index is -0.931. The van der Waals surface area contributed by atoms with Gasteiger partial charge in [-0.1, -0.05) is 18.2 Å². The third-order valence-electron chi connectivity index (χ3n) is 6.56. The van der Waals surface area contributed by atoms with Crippen molar-refractivity contribution in [3.63, 3.8) is 0 Å². The number of nitrogens with one attached hydrogen (secondary N) is 1. The minimum Gasteiger partial charge on any atom is -0.494 e. The van der Waals surface area contributed by atoms with Crippen molar-refractivity contribution in [1.82, 2.24) is 29.3 Å². The predicted octanol–water partition coefficient (Wildman–Crippen LogP) is 3.14. The van der Waals surface area contributed by atoms with Gasteiger partial charge in [0.05, 0.1) is 35.9 Å². The van der Waals surface area contributed by atoms with Crippen molar-refractivity contribution >= 4 is 22.0 Å². The Labute approximate surface area is 188 Å². The van der Waals surface area contributed by atoms with Gasteiger partial charge in [0, 0.05) is 42.7 Å². The van der Waals surface area contributed by atoms with Gasteiger partial charge in [-0.2, -0.15) is 10.2 Å². The quantitative estimate of drug-likeness (QED) is 0.507. The highest BCUT2D eigenvalue weighted by Crippen LogP contribution is 2.38. The Kier molecular flexibility index (Phi) is 4.62. The van der Waals surface area contributed by atoms with Crippen LogP contribution < -0.4 is 4.74 Å². The third kappa shape index (κ3) is 3.07. The number of methoxy groups -OCH3 is 1. The number of H-pyrrole nitrogens is 1. The summed E-state index contributed by atoms with van der Waals surface area (Å²) in [5.41, 5.74) is 8.10. The third-order valence-corrected chi connectivity index (χ3v) is 7.59. The van der Waals surface area contributed by atoms with E-state index in [-0.39, 0.29) is 6.04 Å². The number of pyridine rings is 1. The molecule has 1 unspecified atom stereocenters. The Morgan fingerprint density at radius 2 is 2.09 bits per heavy atom. The highest BCUT2D eigenvalue weighted by molar-refractivity contribution is 7.81. The van der Waals surface area contributed by atoms with E-state index in [9.17, 15) is 4.21 Å². The summed E-state index contributed by atoms with van der Waals surface area (Å²) in [6.07, 6.45) is 8.90. The lowest BCUT2D eigenvalue weighted by Crippen LogP contribution is -2.48. The molecule has 1 atom stereocenters. The molecule has 1 aliphatic carbocycles. The predicted molar refractivity (Wildman–Crippen MR) is 124 cm³/mol. The summed E-state index contributed by atoms with van der Waals surface area (Å²) in [4.78, 5) is 5.05. The number of ether oxygens (including phenoxy) is 1. The molecule has 9 heteroatoms. The van der Waals surface area contributed by atoms with Crippen LogP contribution in [0.5, 0.6) is 5.75 Å². The Hall–Kier alpha value is -3.04.